The third kappa shape index (κ3) is 4.41. The van der Waals surface area contributed by atoms with E-state index in [-0.39, 0.29) is 11.7 Å². The molecule has 2 heterocycles. The van der Waals surface area contributed by atoms with Gasteiger partial charge in [-0.25, -0.2) is 4.98 Å². The smallest absolute Gasteiger partial charge is 0.295 e. The summed E-state index contributed by atoms with van der Waals surface area (Å²) < 4.78 is 23.2. The number of furan rings is 1. The average molecular weight is 484 g/mol. The minimum Gasteiger partial charge on any atom is -0.495 e. The predicted octanol–water partition coefficient (Wildman–Crippen LogP) is 5.06. The molecule has 34 heavy (non-hydrogen) atoms. The Morgan fingerprint density at radius 3 is 2.35 bits per heavy atom. The summed E-state index contributed by atoms with van der Waals surface area (Å²) >= 11 is 1.39. The van der Waals surface area contributed by atoms with Crippen LogP contribution in [0.25, 0.3) is 21.2 Å². The summed E-state index contributed by atoms with van der Waals surface area (Å²) in [5, 5.41) is 1.36. The third-order valence-electron chi connectivity index (χ3n) is 5.85. The van der Waals surface area contributed by atoms with Crippen molar-refractivity contribution in [3.63, 3.8) is 0 Å². The monoisotopic (exact) mass is 483 g/mol. The minimum atomic E-state index is -0.262. The first-order valence-electron chi connectivity index (χ1n) is 11.2. The van der Waals surface area contributed by atoms with E-state index in [1.165, 1.54) is 11.3 Å². The first kappa shape index (κ1) is 23.8. The third-order valence-corrected chi connectivity index (χ3v) is 6.94. The van der Waals surface area contributed by atoms with Crippen molar-refractivity contribution in [3.05, 3.63) is 42.2 Å². The molecule has 0 radical (unpaired) electrons. The highest BCUT2D eigenvalue weighted by Crippen LogP contribution is 2.40. The SMILES string of the molecule is CCN(CC)CCN(C(=O)c1cc2cccc(OC)c2o1)c1nc2c(OC)ccc(OC)c2s1. The van der Waals surface area contributed by atoms with E-state index in [9.17, 15) is 4.79 Å². The summed E-state index contributed by atoms with van der Waals surface area (Å²) in [6.45, 7) is 7.15. The average Bonchev–Trinajstić information content (AvgIpc) is 3.50. The minimum absolute atomic E-state index is 0.234. The highest BCUT2D eigenvalue weighted by Gasteiger charge is 2.27. The number of carbonyl (C=O) groups excluding carboxylic acids is 1. The second-order valence-electron chi connectivity index (χ2n) is 7.62. The molecule has 0 aliphatic rings. The normalized spacial score (nSPS) is 11.4. The lowest BCUT2D eigenvalue weighted by Crippen LogP contribution is -2.38. The lowest BCUT2D eigenvalue weighted by molar-refractivity contribution is 0.0959. The number of ether oxygens (including phenoxy) is 3. The Hall–Kier alpha value is -3.30. The Morgan fingerprint density at radius 2 is 1.68 bits per heavy atom. The van der Waals surface area contributed by atoms with Gasteiger partial charge < -0.3 is 23.5 Å². The van der Waals surface area contributed by atoms with Gasteiger partial charge in [-0.3, -0.25) is 9.69 Å². The second-order valence-corrected chi connectivity index (χ2v) is 8.59. The number of nitrogens with zero attached hydrogens (tertiary/aromatic N) is 3. The standard InChI is InChI=1S/C25H29N3O5S/c1-6-27(7-2)13-14-28(24(29)20-15-16-9-8-10-18(31-4)22(16)33-20)25-26-21-17(30-3)11-12-19(32-5)23(21)34-25/h8-12,15H,6-7,13-14H2,1-5H3. The van der Waals surface area contributed by atoms with Crippen LogP contribution in [0.15, 0.2) is 40.8 Å². The van der Waals surface area contributed by atoms with E-state index in [1.807, 2.05) is 30.3 Å². The maximum Gasteiger partial charge on any atom is 0.295 e. The van der Waals surface area contributed by atoms with Crippen molar-refractivity contribution in [2.45, 2.75) is 13.8 Å². The Labute approximate surface area is 202 Å². The molecule has 9 heteroatoms. The summed E-state index contributed by atoms with van der Waals surface area (Å²) in [7, 11) is 4.80. The van der Waals surface area contributed by atoms with Gasteiger partial charge in [0, 0.05) is 18.5 Å². The number of aromatic nitrogens is 1. The molecule has 4 rings (SSSR count). The van der Waals surface area contributed by atoms with Gasteiger partial charge in [-0.05, 0) is 37.4 Å². The van der Waals surface area contributed by atoms with Gasteiger partial charge in [-0.1, -0.05) is 37.3 Å². The maximum absolute atomic E-state index is 13.8. The fourth-order valence-corrected chi connectivity index (χ4v) is 4.99. The van der Waals surface area contributed by atoms with Gasteiger partial charge in [0.25, 0.3) is 5.91 Å². The Balaban J connectivity index is 1.79. The van der Waals surface area contributed by atoms with Crippen LogP contribution in [0.1, 0.15) is 24.4 Å². The quantitative estimate of drug-likeness (QED) is 0.312. The molecule has 0 N–H and O–H groups in total. The molecule has 180 valence electrons. The molecule has 0 saturated carbocycles. The Bertz CT molecular complexity index is 1250. The summed E-state index contributed by atoms with van der Waals surface area (Å²) in [6.07, 6.45) is 0. The Kier molecular flexibility index (Phi) is 7.23. The number of hydrogen-bond acceptors (Lipinski definition) is 8. The van der Waals surface area contributed by atoms with Crippen LogP contribution >= 0.6 is 11.3 Å². The lowest BCUT2D eigenvalue weighted by Gasteiger charge is -2.24. The van der Waals surface area contributed by atoms with E-state index in [0.717, 1.165) is 23.2 Å². The molecule has 2 aromatic heterocycles. The number of fused-ring (bicyclic) bond motifs is 2. The zero-order valence-electron chi connectivity index (χ0n) is 20.1. The van der Waals surface area contributed by atoms with Crippen LogP contribution in [0.4, 0.5) is 5.13 Å². The molecule has 0 atom stereocenters. The van der Waals surface area contributed by atoms with E-state index in [2.05, 4.69) is 18.7 Å². The van der Waals surface area contributed by atoms with Crippen molar-refractivity contribution in [2.75, 3.05) is 52.4 Å². The molecular formula is C25H29N3O5S. The molecule has 0 saturated heterocycles. The summed E-state index contributed by atoms with van der Waals surface area (Å²) in [5.74, 6) is 1.87. The predicted molar refractivity (Wildman–Crippen MR) is 135 cm³/mol. The number of thiazole rings is 1. The van der Waals surface area contributed by atoms with Crippen LogP contribution in [-0.2, 0) is 0 Å². The van der Waals surface area contributed by atoms with Crippen LogP contribution in [0.5, 0.6) is 17.2 Å². The van der Waals surface area contributed by atoms with Crippen molar-refractivity contribution in [2.24, 2.45) is 0 Å². The number of likely N-dealkylation sites (N-methyl/N-ethyl adjacent to an activating group) is 1. The number of hydrogen-bond donors (Lipinski definition) is 0. The highest BCUT2D eigenvalue weighted by molar-refractivity contribution is 7.22. The zero-order valence-corrected chi connectivity index (χ0v) is 20.9. The molecule has 0 aliphatic heterocycles. The molecule has 0 aliphatic carbocycles. The first-order chi connectivity index (χ1) is 16.5. The van der Waals surface area contributed by atoms with Crippen molar-refractivity contribution in [1.29, 1.82) is 0 Å². The maximum atomic E-state index is 13.8. The van der Waals surface area contributed by atoms with Gasteiger partial charge in [0.15, 0.2) is 22.2 Å². The fourth-order valence-electron chi connectivity index (χ4n) is 3.89. The summed E-state index contributed by atoms with van der Waals surface area (Å²) in [5.41, 5.74) is 1.21. The van der Waals surface area contributed by atoms with Crippen LogP contribution in [0.3, 0.4) is 0 Å². The van der Waals surface area contributed by atoms with Crippen LogP contribution in [0, 0.1) is 0 Å². The number of methoxy groups -OCH3 is 3. The van der Waals surface area contributed by atoms with Crippen molar-refractivity contribution < 1.29 is 23.4 Å². The van der Waals surface area contributed by atoms with Crippen LogP contribution < -0.4 is 19.1 Å². The van der Waals surface area contributed by atoms with Gasteiger partial charge in [0.1, 0.15) is 21.7 Å². The van der Waals surface area contributed by atoms with Gasteiger partial charge in [-0.2, -0.15) is 0 Å². The highest BCUT2D eigenvalue weighted by atomic mass is 32.1. The number of anilines is 1. The summed E-state index contributed by atoms with van der Waals surface area (Å²) in [6, 6.07) is 11.0. The van der Waals surface area contributed by atoms with E-state index in [1.54, 1.807) is 32.3 Å². The van der Waals surface area contributed by atoms with Crippen LogP contribution in [0.2, 0.25) is 0 Å². The Morgan fingerprint density at radius 1 is 0.971 bits per heavy atom. The molecule has 0 bridgehead atoms. The number of para-hydroxylation sites is 1. The van der Waals surface area contributed by atoms with Gasteiger partial charge in [-0.15, -0.1) is 0 Å². The van der Waals surface area contributed by atoms with Crippen LogP contribution in [-0.4, -0.2) is 63.3 Å². The topological polar surface area (TPSA) is 77.3 Å². The second kappa shape index (κ2) is 10.3. The first-order valence-corrected chi connectivity index (χ1v) is 12.0. The molecular weight excluding hydrogens is 454 g/mol. The number of carbonyl (C=O) groups is 1. The zero-order chi connectivity index (χ0) is 24.2. The van der Waals surface area contributed by atoms with E-state index in [4.69, 9.17) is 23.6 Å². The van der Waals surface area contributed by atoms with E-state index >= 15 is 0 Å². The van der Waals surface area contributed by atoms with Gasteiger partial charge in [0.05, 0.1) is 21.3 Å². The van der Waals surface area contributed by atoms with E-state index in [0.29, 0.717) is 46.6 Å². The van der Waals surface area contributed by atoms with Crippen molar-refractivity contribution >= 4 is 43.6 Å². The van der Waals surface area contributed by atoms with Crippen molar-refractivity contribution in [1.82, 2.24) is 9.88 Å². The molecule has 0 spiro atoms. The number of rotatable bonds is 10. The van der Waals surface area contributed by atoms with Gasteiger partial charge >= 0.3 is 0 Å². The van der Waals surface area contributed by atoms with E-state index < -0.39 is 0 Å². The van der Waals surface area contributed by atoms with Gasteiger partial charge in [0.2, 0.25) is 0 Å². The number of benzene rings is 2. The molecule has 0 unspecified atom stereocenters. The molecule has 0 fully saturated rings. The molecule has 2 aromatic carbocycles. The summed E-state index contributed by atoms with van der Waals surface area (Å²) in [4.78, 5) is 22.5. The van der Waals surface area contributed by atoms with Crippen molar-refractivity contribution in [3.8, 4) is 17.2 Å². The fraction of sp³-hybridized carbons (Fsp3) is 0.360. The molecule has 8 nitrogen and oxygen atoms in total. The largest absolute Gasteiger partial charge is 0.495 e. The molecule has 4 aromatic rings. The lowest BCUT2D eigenvalue weighted by atomic mass is 10.2. The molecule has 1 amide bonds. The number of amides is 1.